The van der Waals surface area contributed by atoms with Crippen LogP contribution < -0.4 is 10.6 Å². The predicted octanol–water partition coefficient (Wildman–Crippen LogP) is 6.94. The third-order valence-electron chi connectivity index (χ3n) is 5.20. The molecule has 0 amide bonds. The normalized spacial score (nSPS) is 10.6. The average Bonchev–Trinajstić information content (AvgIpc) is 3.17. The van der Waals surface area contributed by atoms with Gasteiger partial charge in [0.15, 0.2) is 5.11 Å². The second-order valence-electron chi connectivity index (χ2n) is 7.82. The number of ether oxygens (including phenoxy) is 1. The fourth-order valence-corrected chi connectivity index (χ4v) is 4.82. The molecule has 4 nitrogen and oxygen atoms in total. The van der Waals surface area contributed by atoms with Gasteiger partial charge in [0.05, 0.1) is 12.7 Å². The Bertz CT molecular complexity index is 790. The Hall–Kier alpha value is -1.92. The molecular weight excluding hydrogens is 424 g/mol. The number of anilines is 1. The van der Waals surface area contributed by atoms with Crippen LogP contribution in [0.5, 0.6) is 0 Å². The number of methoxy groups -OCH3 is 1. The molecule has 0 unspecified atom stereocenters. The zero-order valence-electron chi connectivity index (χ0n) is 18.9. The van der Waals surface area contributed by atoms with Crippen LogP contribution in [0.3, 0.4) is 0 Å². The topological polar surface area (TPSA) is 50.4 Å². The van der Waals surface area contributed by atoms with Gasteiger partial charge in [-0.3, -0.25) is 0 Å². The van der Waals surface area contributed by atoms with Gasteiger partial charge in [0.2, 0.25) is 0 Å². The van der Waals surface area contributed by atoms with E-state index >= 15 is 0 Å². The first kappa shape index (κ1) is 25.3. The monoisotopic (exact) mass is 460 g/mol. The highest BCUT2D eigenvalue weighted by molar-refractivity contribution is 7.80. The third kappa shape index (κ3) is 9.83. The van der Waals surface area contributed by atoms with Gasteiger partial charge >= 0.3 is 5.97 Å². The number of thiocarbonyl (C=S) groups is 1. The van der Waals surface area contributed by atoms with Gasteiger partial charge in [-0.15, -0.1) is 11.3 Å². The zero-order valence-corrected chi connectivity index (χ0v) is 20.5. The molecule has 170 valence electrons. The highest BCUT2D eigenvalue weighted by atomic mass is 32.1. The van der Waals surface area contributed by atoms with E-state index in [1.54, 1.807) is 11.3 Å². The minimum Gasteiger partial charge on any atom is -0.465 e. The van der Waals surface area contributed by atoms with Crippen LogP contribution in [0.25, 0.3) is 0 Å². The molecular formula is C25H36N2O2S2. The summed E-state index contributed by atoms with van der Waals surface area (Å²) in [7, 11) is 1.40. The molecule has 0 bridgehead atoms. The van der Waals surface area contributed by atoms with Gasteiger partial charge in [0.25, 0.3) is 0 Å². The highest BCUT2D eigenvalue weighted by Gasteiger charge is 2.17. The van der Waals surface area contributed by atoms with E-state index in [1.807, 2.05) is 24.3 Å². The molecule has 0 aliphatic heterocycles. The fraction of sp³-hybridized carbons (Fsp3) is 0.520. The third-order valence-corrected chi connectivity index (χ3v) is 6.50. The number of nitrogens with one attached hydrogen (secondary N) is 2. The van der Waals surface area contributed by atoms with E-state index in [1.165, 1.54) is 64.0 Å². The van der Waals surface area contributed by atoms with Crippen molar-refractivity contribution in [1.29, 1.82) is 0 Å². The summed E-state index contributed by atoms with van der Waals surface area (Å²) in [5.41, 5.74) is 1.74. The van der Waals surface area contributed by atoms with E-state index in [9.17, 15) is 4.79 Å². The van der Waals surface area contributed by atoms with Crippen molar-refractivity contribution < 1.29 is 9.53 Å². The molecule has 0 aliphatic rings. The van der Waals surface area contributed by atoms with Crippen LogP contribution in [0.15, 0.2) is 36.4 Å². The van der Waals surface area contributed by atoms with Crippen LogP contribution >= 0.6 is 23.6 Å². The standard InChI is InChI=1S/C25H36N2O2S2/c1-3-4-5-6-7-8-9-10-14-17-26-25(30)27-23-22(24(28)29-2)19-21(31-23)18-20-15-12-11-13-16-20/h11-13,15-16,19H,3-10,14,17-18H2,1-2H3,(H2,26,27,30). The quantitative estimate of drug-likeness (QED) is 0.182. The van der Waals surface area contributed by atoms with Crippen molar-refractivity contribution in [2.24, 2.45) is 0 Å². The summed E-state index contributed by atoms with van der Waals surface area (Å²) in [6.07, 6.45) is 12.5. The number of esters is 1. The number of carbonyl (C=O) groups is 1. The van der Waals surface area contributed by atoms with Crippen LogP contribution in [-0.2, 0) is 11.2 Å². The smallest absolute Gasteiger partial charge is 0.340 e. The summed E-state index contributed by atoms with van der Waals surface area (Å²) < 4.78 is 4.95. The highest BCUT2D eigenvalue weighted by Crippen LogP contribution is 2.30. The summed E-state index contributed by atoms with van der Waals surface area (Å²) in [4.78, 5) is 13.3. The molecule has 0 saturated heterocycles. The van der Waals surface area contributed by atoms with Crippen molar-refractivity contribution >= 4 is 39.6 Å². The molecule has 0 aliphatic carbocycles. The van der Waals surface area contributed by atoms with Gasteiger partial charge in [-0.2, -0.15) is 0 Å². The predicted molar refractivity (Wildman–Crippen MR) is 136 cm³/mol. The SMILES string of the molecule is CCCCCCCCCCCNC(=S)Nc1sc(Cc2ccccc2)cc1C(=O)OC. The molecule has 1 heterocycles. The van der Waals surface area contributed by atoms with Gasteiger partial charge in [0, 0.05) is 17.8 Å². The number of thiophene rings is 1. The number of hydrogen-bond donors (Lipinski definition) is 2. The maximum Gasteiger partial charge on any atom is 0.340 e. The first-order valence-electron chi connectivity index (χ1n) is 11.4. The number of hydrogen-bond acceptors (Lipinski definition) is 4. The lowest BCUT2D eigenvalue weighted by Gasteiger charge is -2.10. The zero-order chi connectivity index (χ0) is 22.3. The summed E-state index contributed by atoms with van der Waals surface area (Å²) in [6, 6.07) is 12.1. The number of rotatable bonds is 14. The van der Waals surface area contributed by atoms with Crippen molar-refractivity contribution in [2.75, 3.05) is 19.0 Å². The van der Waals surface area contributed by atoms with E-state index in [4.69, 9.17) is 17.0 Å². The van der Waals surface area contributed by atoms with Gasteiger partial charge in [-0.25, -0.2) is 4.79 Å². The molecule has 2 rings (SSSR count). The summed E-state index contributed by atoms with van der Waals surface area (Å²) in [5, 5.41) is 7.76. The molecule has 0 saturated carbocycles. The van der Waals surface area contributed by atoms with Gasteiger partial charge in [0.1, 0.15) is 5.00 Å². The Morgan fingerprint density at radius 2 is 1.65 bits per heavy atom. The molecule has 0 fully saturated rings. The Labute approximate surface area is 196 Å². The van der Waals surface area contributed by atoms with Crippen molar-refractivity contribution in [2.45, 2.75) is 71.1 Å². The molecule has 2 N–H and O–H groups in total. The van der Waals surface area contributed by atoms with Crippen LogP contribution in [0.2, 0.25) is 0 Å². The van der Waals surface area contributed by atoms with Crippen LogP contribution in [0, 0.1) is 0 Å². The van der Waals surface area contributed by atoms with E-state index in [2.05, 4.69) is 29.7 Å². The van der Waals surface area contributed by atoms with Crippen LogP contribution in [0.1, 0.15) is 85.5 Å². The lowest BCUT2D eigenvalue weighted by Crippen LogP contribution is -2.29. The Balaban J connectivity index is 1.75. The lowest BCUT2D eigenvalue weighted by molar-refractivity contribution is 0.0602. The molecule has 2 aromatic rings. The summed E-state index contributed by atoms with van der Waals surface area (Å²) in [6.45, 7) is 3.10. The minimum atomic E-state index is -0.347. The molecule has 0 spiro atoms. The molecule has 1 aromatic carbocycles. The molecule has 1 aromatic heterocycles. The van der Waals surface area contributed by atoms with Gasteiger partial charge < -0.3 is 15.4 Å². The van der Waals surface area contributed by atoms with E-state index in [-0.39, 0.29) is 5.97 Å². The van der Waals surface area contributed by atoms with Crippen molar-refractivity contribution in [1.82, 2.24) is 5.32 Å². The maximum absolute atomic E-state index is 12.2. The molecule has 0 radical (unpaired) electrons. The maximum atomic E-state index is 12.2. The second-order valence-corrected chi connectivity index (χ2v) is 9.36. The Kier molecular flexibility index (Phi) is 12.2. The number of benzene rings is 1. The van der Waals surface area contributed by atoms with E-state index in [0.29, 0.717) is 10.7 Å². The van der Waals surface area contributed by atoms with E-state index in [0.717, 1.165) is 29.3 Å². The number of unbranched alkanes of at least 4 members (excludes halogenated alkanes) is 8. The van der Waals surface area contributed by atoms with E-state index < -0.39 is 0 Å². The molecule has 0 atom stereocenters. The summed E-state index contributed by atoms with van der Waals surface area (Å²) in [5.74, 6) is -0.347. The van der Waals surface area contributed by atoms with Crippen LogP contribution in [0.4, 0.5) is 5.00 Å². The first-order chi connectivity index (χ1) is 15.1. The lowest BCUT2D eigenvalue weighted by atomic mass is 10.1. The van der Waals surface area contributed by atoms with Gasteiger partial charge in [-0.05, 0) is 30.3 Å². The van der Waals surface area contributed by atoms with Crippen molar-refractivity contribution in [3.63, 3.8) is 0 Å². The Morgan fingerprint density at radius 3 is 2.29 bits per heavy atom. The molecule has 31 heavy (non-hydrogen) atoms. The fourth-order valence-electron chi connectivity index (χ4n) is 3.47. The van der Waals surface area contributed by atoms with Crippen molar-refractivity contribution in [3.05, 3.63) is 52.4 Å². The largest absolute Gasteiger partial charge is 0.465 e. The first-order valence-corrected chi connectivity index (χ1v) is 12.7. The second kappa shape index (κ2) is 15.0. The van der Waals surface area contributed by atoms with Crippen molar-refractivity contribution in [3.8, 4) is 0 Å². The molecule has 6 heteroatoms. The summed E-state index contributed by atoms with van der Waals surface area (Å²) >= 11 is 7.00. The minimum absolute atomic E-state index is 0.347. The van der Waals surface area contributed by atoms with Crippen LogP contribution in [-0.4, -0.2) is 24.7 Å². The number of carbonyl (C=O) groups excluding carboxylic acids is 1. The van der Waals surface area contributed by atoms with Gasteiger partial charge in [-0.1, -0.05) is 88.6 Å². The Morgan fingerprint density at radius 1 is 1.00 bits per heavy atom. The average molecular weight is 461 g/mol.